The van der Waals surface area contributed by atoms with E-state index in [4.69, 9.17) is 0 Å². The van der Waals surface area contributed by atoms with E-state index in [1.807, 2.05) is 19.3 Å². The number of rotatable bonds is 9. The van der Waals surface area contributed by atoms with Crippen LogP contribution in [-0.2, 0) is 37.6 Å². The molecule has 0 spiro atoms. The zero-order valence-corrected chi connectivity index (χ0v) is 18.4. The molecule has 1 amide bonds. The van der Waals surface area contributed by atoms with Crippen molar-refractivity contribution in [3.05, 3.63) is 59.2 Å². The highest BCUT2D eigenvalue weighted by atomic mass is 32.2. The highest BCUT2D eigenvalue weighted by molar-refractivity contribution is 7.99. The Bertz CT molecular complexity index is 953. The predicted molar refractivity (Wildman–Crippen MR) is 118 cm³/mol. The second kappa shape index (κ2) is 9.78. The van der Waals surface area contributed by atoms with Crippen molar-refractivity contribution in [2.75, 3.05) is 11.1 Å². The Balaban J connectivity index is 1.67. The van der Waals surface area contributed by atoms with Crippen molar-refractivity contribution in [3.63, 3.8) is 0 Å². The van der Waals surface area contributed by atoms with E-state index in [-0.39, 0.29) is 5.91 Å². The molecule has 2 heterocycles. The first-order valence-electron chi connectivity index (χ1n) is 10.1. The maximum atomic E-state index is 12.6. The van der Waals surface area contributed by atoms with E-state index in [9.17, 15) is 4.79 Å². The van der Waals surface area contributed by atoms with Gasteiger partial charge in [-0.25, -0.2) is 0 Å². The van der Waals surface area contributed by atoms with Crippen molar-refractivity contribution < 1.29 is 4.79 Å². The first-order valence-corrected chi connectivity index (χ1v) is 11.1. The van der Waals surface area contributed by atoms with E-state index >= 15 is 0 Å². The van der Waals surface area contributed by atoms with Gasteiger partial charge >= 0.3 is 0 Å². The number of carbonyl (C=O) groups is 1. The van der Waals surface area contributed by atoms with Gasteiger partial charge in [0.15, 0.2) is 5.16 Å². The fourth-order valence-electron chi connectivity index (χ4n) is 3.43. The van der Waals surface area contributed by atoms with Crippen LogP contribution in [0.2, 0.25) is 0 Å². The summed E-state index contributed by atoms with van der Waals surface area (Å²) in [6, 6.07) is 10.3. The van der Waals surface area contributed by atoms with Gasteiger partial charge in [-0.2, -0.15) is 0 Å². The number of hydrogen-bond donors (Lipinski definition) is 1. The summed E-state index contributed by atoms with van der Waals surface area (Å²) in [7, 11) is 2.03. The molecular formula is C22H29N5OS. The van der Waals surface area contributed by atoms with Crippen LogP contribution in [0.1, 0.15) is 43.4 Å². The van der Waals surface area contributed by atoms with E-state index in [0.29, 0.717) is 5.75 Å². The van der Waals surface area contributed by atoms with E-state index in [2.05, 4.69) is 69.7 Å². The molecule has 0 aliphatic heterocycles. The topological polar surface area (TPSA) is 64.7 Å². The van der Waals surface area contributed by atoms with E-state index in [1.54, 1.807) is 0 Å². The fraction of sp³-hybridized carbons (Fsp3) is 0.409. The molecule has 2 aromatic heterocycles. The zero-order valence-electron chi connectivity index (χ0n) is 17.6. The van der Waals surface area contributed by atoms with Crippen molar-refractivity contribution in [2.24, 2.45) is 7.05 Å². The van der Waals surface area contributed by atoms with Crippen LogP contribution in [0, 0.1) is 0 Å². The summed E-state index contributed by atoms with van der Waals surface area (Å²) in [5.41, 5.74) is 4.49. The molecule has 0 unspecified atom stereocenters. The molecule has 3 aromatic rings. The van der Waals surface area contributed by atoms with Crippen LogP contribution in [0.3, 0.4) is 0 Å². The lowest BCUT2D eigenvalue weighted by molar-refractivity contribution is -0.113. The Kier molecular flexibility index (Phi) is 7.14. The average Bonchev–Trinajstić information content (AvgIpc) is 3.32. The number of aromatic nitrogens is 4. The van der Waals surface area contributed by atoms with Gasteiger partial charge in [-0.15, -0.1) is 10.2 Å². The molecule has 0 atom stereocenters. The lowest BCUT2D eigenvalue weighted by Crippen LogP contribution is -2.17. The van der Waals surface area contributed by atoms with Crippen molar-refractivity contribution in [1.82, 2.24) is 19.3 Å². The molecule has 0 saturated heterocycles. The fourth-order valence-corrected chi connectivity index (χ4v) is 4.25. The zero-order chi connectivity index (χ0) is 20.8. The number of amides is 1. The van der Waals surface area contributed by atoms with Gasteiger partial charge in [-0.1, -0.05) is 43.8 Å². The SMILES string of the molecule is CCc1cccc(CC)c1NC(=O)CSc1nnc(Cc2cccn2C)n1CC. The molecule has 6 nitrogen and oxygen atoms in total. The molecule has 0 bridgehead atoms. The van der Waals surface area contributed by atoms with Crippen molar-refractivity contribution in [1.29, 1.82) is 0 Å². The molecule has 0 saturated carbocycles. The largest absolute Gasteiger partial charge is 0.354 e. The van der Waals surface area contributed by atoms with Crippen molar-refractivity contribution >= 4 is 23.4 Å². The minimum absolute atomic E-state index is 0.0137. The second-order valence-corrected chi connectivity index (χ2v) is 7.87. The van der Waals surface area contributed by atoms with Crippen LogP contribution in [0.5, 0.6) is 0 Å². The number of aryl methyl sites for hydroxylation is 3. The molecule has 29 heavy (non-hydrogen) atoms. The lowest BCUT2D eigenvalue weighted by Gasteiger charge is -2.14. The molecule has 0 fully saturated rings. The summed E-state index contributed by atoms with van der Waals surface area (Å²) in [6.07, 6.45) is 4.54. The molecule has 1 aromatic carbocycles. The molecular weight excluding hydrogens is 382 g/mol. The van der Waals surface area contributed by atoms with Crippen LogP contribution < -0.4 is 5.32 Å². The van der Waals surface area contributed by atoms with Crippen LogP contribution in [0.25, 0.3) is 0 Å². The summed E-state index contributed by atoms with van der Waals surface area (Å²) in [5.74, 6) is 1.21. The molecule has 3 rings (SSSR count). The summed E-state index contributed by atoms with van der Waals surface area (Å²) in [6.45, 7) is 7.07. The van der Waals surface area contributed by atoms with E-state index in [1.165, 1.54) is 28.6 Å². The summed E-state index contributed by atoms with van der Waals surface area (Å²) >= 11 is 1.43. The number of hydrogen-bond acceptors (Lipinski definition) is 4. The number of nitrogens with one attached hydrogen (secondary N) is 1. The van der Waals surface area contributed by atoms with Crippen LogP contribution >= 0.6 is 11.8 Å². The third kappa shape index (κ3) is 4.90. The minimum Gasteiger partial charge on any atom is -0.354 e. The minimum atomic E-state index is -0.0137. The Labute approximate surface area is 176 Å². The standard InChI is InChI=1S/C22H29N5OS/c1-5-16-10-8-11-17(6-2)21(16)23-20(28)15-29-22-25-24-19(27(22)7-3)14-18-12-9-13-26(18)4/h8-13H,5-7,14-15H2,1-4H3,(H,23,28). The molecule has 0 radical (unpaired) electrons. The first kappa shape index (κ1) is 21.2. The molecule has 7 heteroatoms. The molecule has 0 aliphatic carbocycles. The van der Waals surface area contributed by atoms with E-state index < -0.39 is 0 Å². The number of thioether (sulfide) groups is 1. The normalized spacial score (nSPS) is 11.0. The van der Waals surface area contributed by atoms with Crippen LogP contribution in [0.15, 0.2) is 41.7 Å². The number of carbonyl (C=O) groups excluding carboxylic acids is 1. The third-order valence-corrected chi connectivity index (χ3v) is 6.06. The van der Waals surface area contributed by atoms with Crippen molar-refractivity contribution in [2.45, 2.75) is 51.7 Å². The molecule has 0 aliphatic rings. The quantitative estimate of drug-likeness (QED) is 0.539. The Morgan fingerprint density at radius 3 is 2.38 bits per heavy atom. The van der Waals surface area contributed by atoms with Crippen LogP contribution in [-0.4, -0.2) is 31.0 Å². The Morgan fingerprint density at radius 2 is 1.79 bits per heavy atom. The first-order chi connectivity index (χ1) is 14.1. The molecule has 154 valence electrons. The van der Waals surface area contributed by atoms with Gasteiger partial charge in [0.05, 0.1) is 5.75 Å². The highest BCUT2D eigenvalue weighted by Gasteiger charge is 2.16. The van der Waals surface area contributed by atoms with Gasteiger partial charge in [0.2, 0.25) is 5.91 Å². The van der Waals surface area contributed by atoms with Gasteiger partial charge in [0, 0.05) is 37.6 Å². The number of anilines is 1. The maximum Gasteiger partial charge on any atom is 0.234 e. The number of para-hydroxylation sites is 1. The van der Waals surface area contributed by atoms with Gasteiger partial charge in [-0.05, 0) is 43.0 Å². The van der Waals surface area contributed by atoms with Crippen LogP contribution in [0.4, 0.5) is 5.69 Å². The second-order valence-electron chi connectivity index (χ2n) is 6.93. The van der Waals surface area contributed by atoms with Gasteiger partial charge in [-0.3, -0.25) is 4.79 Å². The van der Waals surface area contributed by atoms with Gasteiger partial charge < -0.3 is 14.5 Å². The van der Waals surface area contributed by atoms with Crippen molar-refractivity contribution in [3.8, 4) is 0 Å². The lowest BCUT2D eigenvalue weighted by atomic mass is 10.0. The van der Waals surface area contributed by atoms with Gasteiger partial charge in [0.25, 0.3) is 0 Å². The highest BCUT2D eigenvalue weighted by Crippen LogP contribution is 2.24. The van der Waals surface area contributed by atoms with Gasteiger partial charge in [0.1, 0.15) is 5.82 Å². The summed E-state index contributed by atoms with van der Waals surface area (Å²) in [5, 5.41) is 12.6. The monoisotopic (exact) mass is 411 g/mol. The Morgan fingerprint density at radius 1 is 1.07 bits per heavy atom. The van der Waals surface area contributed by atoms with E-state index in [0.717, 1.165) is 42.5 Å². The molecule has 1 N–H and O–H groups in total. The maximum absolute atomic E-state index is 12.6. The number of benzene rings is 1. The average molecular weight is 412 g/mol. The summed E-state index contributed by atoms with van der Waals surface area (Å²) < 4.78 is 4.17. The summed E-state index contributed by atoms with van der Waals surface area (Å²) in [4.78, 5) is 12.6. The Hall–Kier alpha value is -2.54. The predicted octanol–water partition coefficient (Wildman–Crippen LogP) is 4.08. The number of nitrogens with zero attached hydrogens (tertiary/aromatic N) is 4. The smallest absolute Gasteiger partial charge is 0.234 e. The third-order valence-electron chi connectivity index (χ3n) is 5.10.